The lowest BCUT2D eigenvalue weighted by Gasteiger charge is -2.13. The average molecular weight is 269 g/mol. The average Bonchev–Trinajstić information content (AvgIpc) is 2.47. The molecule has 0 atom stereocenters. The summed E-state index contributed by atoms with van der Waals surface area (Å²) >= 11 is 0. The number of anilines is 1. The van der Waals surface area contributed by atoms with Crippen LogP contribution in [0.1, 0.15) is 43.6 Å². The zero-order valence-electron chi connectivity index (χ0n) is 13.0. The van der Waals surface area contributed by atoms with Crippen molar-refractivity contribution in [1.29, 1.82) is 0 Å². The highest BCUT2D eigenvalue weighted by Gasteiger charge is 2.11. The van der Waals surface area contributed by atoms with E-state index in [4.69, 9.17) is 4.98 Å². The van der Waals surface area contributed by atoms with Gasteiger partial charge in [-0.05, 0) is 18.4 Å². The van der Waals surface area contributed by atoms with Gasteiger partial charge in [0.05, 0.1) is 5.69 Å². The number of benzene rings is 1. The third kappa shape index (κ3) is 2.82. The first kappa shape index (κ1) is 14.5. The molecule has 1 heterocycles. The van der Waals surface area contributed by atoms with Gasteiger partial charge in [0, 0.05) is 24.6 Å². The highest BCUT2D eigenvalue weighted by molar-refractivity contribution is 5.68. The van der Waals surface area contributed by atoms with Crippen molar-refractivity contribution >= 4 is 5.82 Å². The van der Waals surface area contributed by atoms with Gasteiger partial charge in [-0.3, -0.25) is 0 Å². The van der Waals surface area contributed by atoms with Gasteiger partial charge < -0.3 is 5.32 Å². The lowest BCUT2D eigenvalue weighted by Crippen LogP contribution is -2.04. The van der Waals surface area contributed by atoms with E-state index in [1.165, 1.54) is 5.56 Å². The van der Waals surface area contributed by atoms with E-state index in [9.17, 15) is 0 Å². The molecule has 0 radical (unpaired) electrons. The number of rotatable bonds is 4. The predicted molar refractivity (Wildman–Crippen MR) is 85.2 cm³/mol. The second-order valence-corrected chi connectivity index (χ2v) is 5.34. The Balaban J connectivity index is 2.50. The second-order valence-electron chi connectivity index (χ2n) is 5.34. The molecule has 20 heavy (non-hydrogen) atoms. The summed E-state index contributed by atoms with van der Waals surface area (Å²) in [4.78, 5) is 9.21. The highest BCUT2D eigenvalue weighted by Crippen LogP contribution is 2.27. The summed E-state index contributed by atoms with van der Waals surface area (Å²) in [6.07, 6.45) is 0.839. The largest absolute Gasteiger partial charge is 0.373 e. The van der Waals surface area contributed by atoms with E-state index in [2.05, 4.69) is 62.3 Å². The molecule has 0 bridgehead atoms. The van der Waals surface area contributed by atoms with Crippen molar-refractivity contribution in [2.45, 2.75) is 40.0 Å². The Hall–Kier alpha value is -1.90. The molecule has 3 nitrogen and oxygen atoms in total. The molecule has 1 aromatic carbocycles. The lowest BCUT2D eigenvalue weighted by atomic mass is 9.99. The summed E-state index contributed by atoms with van der Waals surface area (Å²) in [5, 5.41) is 3.16. The summed E-state index contributed by atoms with van der Waals surface area (Å²) in [6, 6.07) is 8.69. The summed E-state index contributed by atoms with van der Waals surface area (Å²) in [5.41, 5.74) is 4.63. The molecule has 0 saturated carbocycles. The zero-order valence-corrected chi connectivity index (χ0v) is 13.0. The highest BCUT2D eigenvalue weighted by atomic mass is 15.0. The molecule has 0 aliphatic heterocycles. The van der Waals surface area contributed by atoms with Gasteiger partial charge in [-0.25, -0.2) is 9.97 Å². The Bertz CT molecular complexity index is 586. The van der Waals surface area contributed by atoms with Crippen molar-refractivity contribution in [3.8, 4) is 11.3 Å². The number of hydrogen-bond acceptors (Lipinski definition) is 3. The Morgan fingerprint density at radius 3 is 2.25 bits per heavy atom. The van der Waals surface area contributed by atoms with E-state index in [0.29, 0.717) is 5.92 Å². The molecular weight excluding hydrogens is 246 g/mol. The normalized spacial score (nSPS) is 10.9. The van der Waals surface area contributed by atoms with Crippen LogP contribution in [0.15, 0.2) is 24.3 Å². The lowest BCUT2D eigenvalue weighted by molar-refractivity contribution is 0.866. The molecule has 1 aromatic heterocycles. The van der Waals surface area contributed by atoms with E-state index in [-0.39, 0.29) is 0 Å². The van der Waals surface area contributed by atoms with Crippen LogP contribution in [0.3, 0.4) is 0 Å². The molecule has 2 aromatic rings. The molecule has 0 amide bonds. The molecule has 0 spiro atoms. The van der Waals surface area contributed by atoms with Crippen molar-refractivity contribution in [2.75, 3.05) is 12.4 Å². The van der Waals surface area contributed by atoms with Gasteiger partial charge in [-0.1, -0.05) is 45.0 Å². The van der Waals surface area contributed by atoms with Crippen molar-refractivity contribution < 1.29 is 0 Å². The van der Waals surface area contributed by atoms with E-state index in [0.717, 1.165) is 34.9 Å². The molecule has 3 heteroatoms. The number of aryl methyl sites for hydroxylation is 1. The minimum atomic E-state index is 0.551. The monoisotopic (exact) mass is 269 g/mol. The quantitative estimate of drug-likeness (QED) is 0.904. The van der Waals surface area contributed by atoms with Crippen LogP contribution in [0.25, 0.3) is 11.3 Å². The molecule has 0 saturated heterocycles. The van der Waals surface area contributed by atoms with Crippen LogP contribution in [-0.2, 0) is 6.42 Å². The van der Waals surface area contributed by atoms with Crippen molar-refractivity contribution in [1.82, 2.24) is 9.97 Å². The predicted octanol–water partition coefficient (Wildman–Crippen LogP) is 4.18. The first-order chi connectivity index (χ1) is 9.56. The Kier molecular flexibility index (Phi) is 4.38. The van der Waals surface area contributed by atoms with Crippen molar-refractivity contribution in [3.63, 3.8) is 0 Å². The standard InChI is InChI=1S/C17H23N3/c1-6-15-19-16(12(4)17(18-5)20-15)14-9-7-13(8-10-14)11(2)3/h7-11H,6H2,1-5H3,(H,18,19,20). The van der Waals surface area contributed by atoms with E-state index in [1.54, 1.807) is 0 Å². The van der Waals surface area contributed by atoms with Crippen LogP contribution >= 0.6 is 0 Å². The maximum atomic E-state index is 4.69. The zero-order chi connectivity index (χ0) is 14.7. The number of nitrogens with zero attached hydrogens (tertiary/aromatic N) is 2. The van der Waals surface area contributed by atoms with Gasteiger partial charge in [0.1, 0.15) is 11.6 Å². The van der Waals surface area contributed by atoms with Gasteiger partial charge >= 0.3 is 0 Å². The van der Waals surface area contributed by atoms with Crippen LogP contribution < -0.4 is 5.32 Å². The molecular formula is C17H23N3. The van der Waals surface area contributed by atoms with Crippen LogP contribution in [0.2, 0.25) is 0 Å². The smallest absolute Gasteiger partial charge is 0.132 e. The van der Waals surface area contributed by atoms with Crippen LogP contribution in [-0.4, -0.2) is 17.0 Å². The molecule has 106 valence electrons. The minimum Gasteiger partial charge on any atom is -0.373 e. The number of nitrogens with one attached hydrogen (secondary N) is 1. The molecule has 0 aliphatic carbocycles. The van der Waals surface area contributed by atoms with E-state index < -0.39 is 0 Å². The fraction of sp³-hybridized carbons (Fsp3) is 0.412. The maximum Gasteiger partial charge on any atom is 0.132 e. The first-order valence-electron chi connectivity index (χ1n) is 7.22. The third-order valence-electron chi connectivity index (χ3n) is 3.60. The second kappa shape index (κ2) is 6.04. The fourth-order valence-electron chi connectivity index (χ4n) is 2.27. The molecule has 0 unspecified atom stereocenters. The Morgan fingerprint density at radius 2 is 1.75 bits per heavy atom. The Morgan fingerprint density at radius 1 is 1.10 bits per heavy atom. The topological polar surface area (TPSA) is 37.8 Å². The maximum absolute atomic E-state index is 4.69. The van der Waals surface area contributed by atoms with E-state index in [1.807, 2.05) is 7.05 Å². The molecule has 0 fully saturated rings. The molecule has 0 aliphatic rings. The van der Waals surface area contributed by atoms with Gasteiger partial charge in [-0.15, -0.1) is 0 Å². The van der Waals surface area contributed by atoms with Crippen LogP contribution in [0.4, 0.5) is 5.82 Å². The van der Waals surface area contributed by atoms with Gasteiger partial charge in [0.25, 0.3) is 0 Å². The van der Waals surface area contributed by atoms with Gasteiger partial charge in [-0.2, -0.15) is 0 Å². The van der Waals surface area contributed by atoms with Crippen LogP contribution in [0, 0.1) is 6.92 Å². The van der Waals surface area contributed by atoms with E-state index >= 15 is 0 Å². The number of aromatic nitrogens is 2. The third-order valence-corrected chi connectivity index (χ3v) is 3.60. The molecule has 1 N–H and O–H groups in total. The fourth-order valence-corrected chi connectivity index (χ4v) is 2.27. The van der Waals surface area contributed by atoms with Gasteiger partial charge in [0.2, 0.25) is 0 Å². The number of hydrogen-bond donors (Lipinski definition) is 1. The van der Waals surface area contributed by atoms with Crippen LogP contribution in [0.5, 0.6) is 0 Å². The van der Waals surface area contributed by atoms with Crippen molar-refractivity contribution in [3.05, 3.63) is 41.2 Å². The molecule has 2 rings (SSSR count). The summed E-state index contributed by atoms with van der Waals surface area (Å²) in [5.74, 6) is 2.34. The van der Waals surface area contributed by atoms with Gasteiger partial charge in [0.15, 0.2) is 0 Å². The summed E-state index contributed by atoms with van der Waals surface area (Å²) < 4.78 is 0. The van der Waals surface area contributed by atoms with Crippen molar-refractivity contribution in [2.24, 2.45) is 0 Å². The summed E-state index contributed by atoms with van der Waals surface area (Å²) in [7, 11) is 1.90. The SMILES string of the molecule is CCc1nc(NC)c(C)c(-c2ccc(C(C)C)cc2)n1. The Labute approximate surface area is 121 Å². The first-order valence-corrected chi connectivity index (χ1v) is 7.22. The minimum absolute atomic E-state index is 0.551. The summed E-state index contributed by atoms with van der Waals surface area (Å²) in [6.45, 7) is 8.56.